The third-order valence-corrected chi connectivity index (χ3v) is 6.52. The van der Waals surface area contributed by atoms with Gasteiger partial charge in [0.15, 0.2) is 11.5 Å². The number of methoxy groups -OCH3 is 1. The molecule has 0 aliphatic carbocycles. The highest BCUT2D eigenvalue weighted by Crippen LogP contribution is 2.33. The Morgan fingerprint density at radius 3 is 2.52 bits per heavy atom. The van der Waals surface area contributed by atoms with Crippen LogP contribution in [0.4, 0.5) is 4.39 Å². The lowest BCUT2D eigenvalue weighted by atomic mass is 10.0. The summed E-state index contributed by atoms with van der Waals surface area (Å²) in [7, 11) is 1.44. The first-order valence-corrected chi connectivity index (χ1v) is 13.3. The average Bonchev–Trinajstić information content (AvgIpc) is 3.37. The maximum atomic E-state index is 14.1. The number of hydrogen-bond donors (Lipinski definition) is 2. The predicted octanol–water partition coefficient (Wildman–Crippen LogP) is 7.02. The predicted molar refractivity (Wildman–Crippen MR) is 159 cm³/mol. The van der Waals surface area contributed by atoms with Crippen LogP contribution in [-0.2, 0) is 0 Å². The van der Waals surface area contributed by atoms with Crippen molar-refractivity contribution in [2.75, 3.05) is 13.7 Å². The Bertz CT molecular complexity index is 1800. The van der Waals surface area contributed by atoms with Gasteiger partial charge in [0.05, 0.1) is 19.9 Å². The van der Waals surface area contributed by atoms with E-state index in [1.165, 1.54) is 31.5 Å². The third-order valence-electron chi connectivity index (χ3n) is 6.28. The first-order valence-electron chi connectivity index (χ1n) is 12.9. The molecule has 212 valence electrons. The zero-order valence-electron chi connectivity index (χ0n) is 22.6. The molecular weight excluding hydrogens is 561 g/mol. The van der Waals surface area contributed by atoms with Crippen LogP contribution >= 0.6 is 11.6 Å². The molecule has 1 amide bonds. The summed E-state index contributed by atoms with van der Waals surface area (Å²) in [5.41, 5.74) is 5.44. The minimum absolute atomic E-state index is 0.162. The number of carbonyl (C=O) groups is 2. The van der Waals surface area contributed by atoms with Crippen molar-refractivity contribution in [2.45, 2.75) is 6.92 Å². The summed E-state index contributed by atoms with van der Waals surface area (Å²) in [6.45, 7) is 2.11. The Morgan fingerprint density at radius 1 is 0.976 bits per heavy atom. The number of ether oxygens (including phenoxy) is 3. The fraction of sp³-hybridized carbons (Fsp3) is 0.0938. The Hall–Kier alpha value is -5.15. The van der Waals surface area contributed by atoms with Gasteiger partial charge in [-0.1, -0.05) is 41.9 Å². The summed E-state index contributed by atoms with van der Waals surface area (Å²) in [5.74, 6) is -0.787. The van der Waals surface area contributed by atoms with E-state index >= 15 is 0 Å². The number of benzene rings is 4. The largest absolute Gasteiger partial charge is 0.496 e. The number of amides is 1. The van der Waals surface area contributed by atoms with Gasteiger partial charge >= 0.3 is 5.97 Å². The molecule has 0 radical (unpaired) electrons. The number of hydrazone groups is 1. The zero-order chi connectivity index (χ0) is 29.6. The van der Waals surface area contributed by atoms with E-state index in [4.69, 9.17) is 25.8 Å². The molecule has 0 aliphatic heterocycles. The number of H-pyrrole nitrogens is 1. The maximum Gasteiger partial charge on any atom is 0.347 e. The molecule has 10 heteroatoms. The van der Waals surface area contributed by atoms with Crippen molar-refractivity contribution in [2.24, 2.45) is 5.10 Å². The summed E-state index contributed by atoms with van der Waals surface area (Å²) in [4.78, 5) is 29.1. The van der Waals surface area contributed by atoms with Crippen molar-refractivity contribution >= 4 is 40.6 Å². The Kier molecular flexibility index (Phi) is 8.50. The van der Waals surface area contributed by atoms with E-state index in [2.05, 4.69) is 15.5 Å². The van der Waals surface area contributed by atoms with Gasteiger partial charge in [-0.2, -0.15) is 5.10 Å². The minimum Gasteiger partial charge on any atom is -0.496 e. The van der Waals surface area contributed by atoms with Crippen LogP contribution in [0.2, 0.25) is 5.02 Å². The van der Waals surface area contributed by atoms with Crippen LogP contribution in [0.5, 0.6) is 17.2 Å². The number of nitrogens with one attached hydrogen (secondary N) is 2. The second-order valence-electron chi connectivity index (χ2n) is 9.00. The zero-order valence-corrected chi connectivity index (χ0v) is 23.4. The van der Waals surface area contributed by atoms with Gasteiger partial charge in [-0.05, 0) is 72.6 Å². The molecular formula is C32H25ClFN3O5. The average molecular weight is 586 g/mol. The number of nitrogens with zero attached hydrogens (tertiary/aromatic N) is 1. The van der Waals surface area contributed by atoms with E-state index in [0.29, 0.717) is 45.2 Å². The normalized spacial score (nSPS) is 11.0. The van der Waals surface area contributed by atoms with Crippen LogP contribution in [0.25, 0.3) is 22.0 Å². The van der Waals surface area contributed by atoms with Gasteiger partial charge in [-0.15, -0.1) is 0 Å². The molecule has 2 N–H and O–H groups in total. The highest BCUT2D eigenvalue weighted by Gasteiger charge is 2.20. The Morgan fingerprint density at radius 2 is 1.76 bits per heavy atom. The first kappa shape index (κ1) is 28.4. The second-order valence-corrected chi connectivity index (χ2v) is 9.44. The maximum absolute atomic E-state index is 14.1. The number of aromatic nitrogens is 1. The summed E-state index contributed by atoms with van der Waals surface area (Å²) in [6.07, 6.45) is 1.43. The molecule has 0 saturated carbocycles. The molecule has 4 aromatic carbocycles. The molecule has 5 aromatic rings. The molecule has 0 saturated heterocycles. The van der Waals surface area contributed by atoms with Crippen LogP contribution < -0.4 is 19.6 Å². The van der Waals surface area contributed by atoms with E-state index in [1.54, 1.807) is 43.3 Å². The lowest BCUT2D eigenvalue weighted by molar-refractivity contribution is 0.0724. The molecule has 1 heterocycles. The molecule has 0 aliphatic rings. The molecule has 42 heavy (non-hydrogen) atoms. The van der Waals surface area contributed by atoms with Crippen LogP contribution in [0.15, 0.2) is 90.0 Å². The summed E-state index contributed by atoms with van der Waals surface area (Å²) >= 11 is 6.05. The highest BCUT2D eigenvalue weighted by molar-refractivity contribution is 6.31. The van der Waals surface area contributed by atoms with Crippen molar-refractivity contribution in [1.82, 2.24) is 10.4 Å². The van der Waals surface area contributed by atoms with Crippen molar-refractivity contribution in [3.05, 3.63) is 113 Å². The lowest BCUT2D eigenvalue weighted by Gasteiger charge is -2.13. The highest BCUT2D eigenvalue weighted by atomic mass is 35.5. The number of fused-ring (bicyclic) bond motifs is 1. The first-order chi connectivity index (χ1) is 20.4. The Balaban J connectivity index is 1.36. The molecule has 0 unspecified atom stereocenters. The molecule has 8 nitrogen and oxygen atoms in total. The molecule has 0 spiro atoms. The quantitative estimate of drug-likeness (QED) is 0.0838. The van der Waals surface area contributed by atoms with Gasteiger partial charge < -0.3 is 19.2 Å². The van der Waals surface area contributed by atoms with Gasteiger partial charge in [0, 0.05) is 21.5 Å². The van der Waals surface area contributed by atoms with Crippen LogP contribution in [0.3, 0.4) is 0 Å². The van der Waals surface area contributed by atoms with Crippen LogP contribution in [0.1, 0.15) is 33.3 Å². The van der Waals surface area contributed by atoms with Crippen molar-refractivity contribution in [3.8, 4) is 28.4 Å². The number of esters is 1. The molecule has 0 fully saturated rings. The van der Waals surface area contributed by atoms with Crippen molar-refractivity contribution in [3.63, 3.8) is 0 Å². The van der Waals surface area contributed by atoms with Crippen molar-refractivity contribution < 1.29 is 28.2 Å². The topological polar surface area (TPSA) is 102 Å². The number of carbonyl (C=O) groups excluding carboxylic acids is 2. The monoisotopic (exact) mass is 585 g/mol. The van der Waals surface area contributed by atoms with Gasteiger partial charge in [0.25, 0.3) is 5.91 Å². The molecule has 0 atom stereocenters. The third kappa shape index (κ3) is 6.11. The fourth-order valence-electron chi connectivity index (χ4n) is 4.41. The smallest absolute Gasteiger partial charge is 0.347 e. The summed E-state index contributed by atoms with van der Waals surface area (Å²) < 4.78 is 30.6. The second kappa shape index (κ2) is 12.6. The Labute approximate surface area is 245 Å². The number of aromatic amines is 1. The molecule has 5 rings (SSSR count). The van der Waals surface area contributed by atoms with Gasteiger partial charge in [0.1, 0.15) is 22.8 Å². The molecule has 1 aromatic heterocycles. The van der Waals surface area contributed by atoms with Crippen LogP contribution in [0, 0.1) is 5.82 Å². The summed E-state index contributed by atoms with van der Waals surface area (Å²) in [5, 5.41) is 5.04. The van der Waals surface area contributed by atoms with Gasteiger partial charge in [0.2, 0.25) is 0 Å². The van der Waals surface area contributed by atoms with Gasteiger partial charge in [-0.3, -0.25) is 4.79 Å². The van der Waals surface area contributed by atoms with E-state index in [9.17, 15) is 14.0 Å². The van der Waals surface area contributed by atoms with Crippen LogP contribution in [-0.4, -0.2) is 36.8 Å². The number of halogens is 2. The van der Waals surface area contributed by atoms with Crippen molar-refractivity contribution in [1.29, 1.82) is 0 Å². The lowest BCUT2D eigenvalue weighted by Crippen LogP contribution is -2.18. The molecule has 0 bridgehead atoms. The standard InChI is InChI=1S/C32H25ClFN3O5/c1-3-41-28-15-19(9-13-27(28)42-32(39)24-16-21(33)10-14-26(24)40-2)18-35-37-31(38)30-29(20-7-5-4-6-8-20)23-17-22(34)11-12-25(23)36-30/h4-18,36H,3H2,1-2H3,(H,37,38). The van der Waals surface area contributed by atoms with Gasteiger partial charge in [-0.25, -0.2) is 14.6 Å². The fourth-order valence-corrected chi connectivity index (χ4v) is 4.58. The van der Waals surface area contributed by atoms with E-state index in [-0.39, 0.29) is 17.0 Å². The summed E-state index contributed by atoms with van der Waals surface area (Å²) in [6, 6.07) is 23.0. The number of rotatable bonds is 9. The van der Waals surface area contributed by atoms with E-state index < -0.39 is 17.7 Å². The van der Waals surface area contributed by atoms with E-state index in [0.717, 1.165) is 5.56 Å². The van der Waals surface area contributed by atoms with E-state index in [1.807, 2.05) is 30.3 Å². The SMILES string of the molecule is CCOc1cc(C=NNC(=O)c2[nH]c3ccc(F)cc3c2-c2ccccc2)ccc1OC(=O)c1cc(Cl)ccc1OC. The minimum atomic E-state index is -0.670. The number of hydrogen-bond acceptors (Lipinski definition) is 6.